The molecule has 2 N–H and O–H groups in total. The lowest BCUT2D eigenvalue weighted by Crippen LogP contribution is -2.27. The number of nitrogens with one attached hydrogen (secondary N) is 2. The van der Waals surface area contributed by atoms with Crippen molar-refractivity contribution < 1.29 is 9.53 Å². The molecular weight excluding hydrogens is 264 g/mol. The summed E-state index contributed by atoms with van der Waals surface area (Å²) in [5, 5.41) is 4.55. The number of ether oxygens (including phenoxy) is 1. The molecule has 0 bridgehead atoms. The van der Waals surface area contributed by atoms with Crippen molar-refractivity contribution in [2.24, 2.45) is 0 Å². The maximum Gasteiger partial charge on any atom is 0.355 e. The summed E-state index contributed by atoms with van der Waals surface area (Å²) in [6, 6.07) is 6.24. The average molecular weight is 286 g/mol. The summed E-state index contributed by atoms with van der Waals surface area (Å²) in [6.07, 6.45) is 2.13. The van der Waals surface area contributed by atoms with Crippen molar-refractivity contribution in [1.82, 2.24) is 10.3 Å². The van der Waals surface area contributed by atoms with Gasteiger partial charge in [0.25, 0.3) is 0 Å². The van der Waals surface area contributed by atoms with Crippen LogP contribution in [0.2, 0.25) is 0 Å². The summed E-state index contributed by atoms with van der Waals surface area (Å²) in [5.74, 6) is 0.183. The fraction of sp³-hybridized carbons (Fsp3) is 0.471. The number of fused-ring (bicyclic) bond motifs is 1. The Bertz CT molecular complexity index is 654. The minimum absolute atomic E-state index is 0.235. The Morgan fingerprint density at radius 3 is 2.81 bits per heavy atom. The highest BCUT2D eigenvalue weighted by Crippen LogP contribution is 2.35. The summed E-state index contributed by atoms with van der Waals surface area (Å²) in [6.45, 7) is 6.33. The zero-order valence-corrected chi connectivity index (χ0v) is 12.7. The van der Waals surface area contributed by atoms with E-state index in [4.69, 9.17) is 4.74 Å². The van der Waals surface area contributed by atoms with Gasteiger partial charge in [-0.25, -0.2) is 4.79 Å². The molecule has 1 saturated heterocycles. The van der Waals surface area contributed by atoms with E-state index in [0.29, 0.717) is 18.2 Å². The molecule has 1 aromatic carbocycles. The van der Waals surface area contributed by atoms with Crippen LogP contribution in [0, 0.1) is 6.92 Å². The zero-order chi connectivity index (χ0) is 14.8. The van der Waals surface area contributed by atoms with Crippen LogP contribution in [0.25, 0.3) is 10.9 Å². The first-order valence-corrected chi connectivity index (χ1v) is 7.71. The van der Waals surface area contributed by atoms with Crippen LogP contribution in [0.1, 0.15) is 47.3 Å². The normalized spacial score (nSPS) is 16.3. The first-order valence-electron chi connectivity index (χ1n) is 7.71. The molecule has 4 nitrogen and oxygen atoms in total. The molecule has 0 spiro atoms. The van der Waals surface area contributed by atoms with Gasteiger partial charge in [-0.1, -0.05) is 18.2 Å². The minimum atomic E-state index is -0.235. The lowest BCUT2D eigenvalue weighted by Gasteiger charge is -2.23. The second-order valence-electron chi connectivity index (χ2n) is 5.66. The maximum atomic E-state index is 12.3. The second-order valence-corrected chi connectivity index (χ2v) is 5.66. The van der Waals surface area contributed by atoms with Gasteiger partial charge in [-0.3, -0.25) is 0 Å². The fourth-order valence-electron chi connectivity index (χ4n) is 3.28. The van der Waals surface area contributed by atoms with Crippen molar-refractivity contribution >= 4 is 16.9 Å². The number of rotatable bonds is 3. The first-order chi connectivity index (χ1) is 10.2. The number of piperidine rings is 1. The molecule has 112 valence electrons. The van der Waals surface area contributed by atoms with Crippen LogP contribution in [0.5, 0.6) is 0 Å². The van der Waals surface area contributed by atoms with Crippen molar-refractivity contribution in [1.29, 1.82) is 0 Å². The Morgan fingerprint density at radius 2 is 2.10 bits per heavy atom. The topological polar surface area (TPSA) is 54.1 Å². The number of carbonyl (C=O) groups is 1. The standard InChI is InChI=1S/C17H22N2O2/c1-3-21-17(20)16-14(12-7-9-18-10-8-12)13-6-4-5-11(2)15(13)19-16/h4-6,12,18-19H,3,7-10H2,1-2H3. The Kier molecular flexibility index (Phi) is 3.97. The largest absolute Gasteiger partial charge is 0.461 e. The number of aromatic amines is 1. The average Bonchev–Trinajstić information content (AvgIpc) is 2.89. The van der Waals surface area contributed by atoms with E-state index in [9.17, 15) is 4.79 Å². The number of esters is 1. The number of hydrogen-bond donors (Lipinski definition) is 2. The van der Waals surface area contributed by atoms with Gasteiger partial charge in [0.2, 0.25) is 0 Å². The third-order valence-corrected chi connectivity index (χ3v) is 4.31. The number of para-hydroxylation sites is 1. The predicted molar refractivity (Wildman–Crippen MR) is 83.8 cm³/mol. The molecule has 0 aliphatic carbocycles. The SMILES string of the molecule is CCOC(=O)c1[nH]c2c(C)cccc2c1C1CCNCC1. The number of benzene rings is 1. The van der Waals surface area contributed by atoms with Crippen LogP contribution in [-0.2, 0) is 4.74 Å². The van der Waals surface area contributed by atoms with Crippen LogP contribution in [0.15, 0.2) is 18.2 Å². The molecule has 3 rings (SSSR count). The Balaban J connectivity index is 2.15. The van der Waals surface area contributed by atoms with Crippen LogP contribution >= 0.6 is 0 Å². The molecule has 0 amide bonds. The van der Waals surface area contributed by atoms with Crippen molar-refractivity contribution in [2.75, 3.05) is 19.7 Å². The Labute approximate surface area is 124 Å². The molecule has 2 heterocycles. The summed E-state index contributed by atoms with van der Waals surface area (Å²) in [5.41, 5.74) is 4.02. The second kappa shape index (κ2) is 5.90. The lowest BCUT2D eigenvalue weighted by molar-refractivity contribution is 0.0518. The van der Waals surface area contributed by atoms with E-state index in [1.165, 1.54) is 10.9 Å². The molecule has 4 heteroatoms. The molecule has 1 aromatic heterocycles. The van der Waals surface area contributed by atoms with Crippen molar-refractivity contribution in [2.45, 2.75) is 32.6 Å². The van der Waals surface area contributed by atoms with Crippen LogP contribution < -0.4 is 5.32 Å². The third kappa shape index (κ3) is 2.56. The van der Waals surface area contributed by atoms with E-state index in [1.54, 1.807) is 0 Å². The summed E-state index contributed by atoms with van der Waals surface area (Å²) in [4.78, 5) is 15.6. The highest BCUT2D eigenvalue weighted by atomic mass is 16.5. The number of carbonyl (C=O) groups excluding carboxylic acids is 1. The van der Waals surface area contributed by atoms with Gasteiger partial charge >= 0.3 is 5.97 Å². The molecular formula is C17H22N2O2. The van der Waals surface area contributed by atoms with Gasteiger partial charge < -0.3 is 15.0 Å². The van der Waals surface area contributed by atoms with Gasteiger partial charge in [-0.05, 0) is 56.8 Å². The lowest BCUT2D eigenvalue weighted by atomic mass is 9.88. The van der Waals surface area contributed by atoms with E-state index >= 15 is 0 Å². The fourth-order valence-corrected chi connectivity index (χ4v) is 3.28. The maximum absolute atomic E-state index is 12.3. The molecule has 1 aliphatic heterocycles. The molecule has 1 aliphatic rings. The van der Waals surface area contributed by atoms with Gasteiger partial charge in [-0.2, -0.15) is 0 Å². The molecule has 1 fully saturated rings. The molecule has 0 saturated carbocycles. The van der Waals surface area contributed by atoms with Crippen LogP contribution in [0.3, 0.4) is 0 Å². The molecule has 0 unspecified atom stereocenters. The third-order valence-electron chi connectivity index (χ3n) is 4.31. The molecule has 0 atom stereocenters. The highest BCUT2D eigenvalue weighted by Gasteiger charge is 2.26. The highest BCUT2D eigenvalue weighted by molar-refractivity contribution is 5.99. The van der Waals surface area contributed by atoms with Crippen molar-refractivity contribution in [3.63, 3.8) is 0 Å². The van der Waals surface area contributed by atoms with E-state index < -0.39 is 0 Å². The van der Waals surface area contributed by atoms with Gasteiger partial charge in [-0.15, -0.1) is 0 Å². The van der Waals surface area contributed by atoms with E-state index in [2.05, 4.69) is 35.4 Å². The Hall–Kier alpha value is -1.81. The number of hydrogen-bond acceptors (Lipinski definition) is 3. The van der Waals surface area contributed by atoms with Gasteiger partial charge in [0.05, 0.1) is 6.61 Å². The predicted octanol–water partition coefficient (Wildman–Crippen LogP) is 3.12. The molecule has 21 heavy (non-hydrogen) atoms. The van der Waals surface area contributed by atoms with Crippen molar-refractivity contribution in [3.05, 3.63) is 35.0 Å². The van der Waals surface area contributed by atoms with E-state index in [-0.39, 0.29) is 5.97 Å². The molecule has 0 radical (unpaired) electrons. The van der Waals surface area contributed by atoms with Crippen LogP contribution in [-0.4, -0.2) is 30.6 Å². The van der Waals surface area contributed by atoms with E-state index in [0.717, 1.165) is 37.0 Å². The summed E-state index contributed by atoms with van der Waals surface area (Å²) < 4.78 is 5.24. The van der Waals surface area contributed by atoms with Crippen LogP contribution in [0.4, 0.5) is 0 Å². The van der Waals surface area contributed by atoms with Gasteiger partial charge in [0.15, 0.2) is 0 Å². The van der Waals surface area contributed by atoms with Gasteiger partial charge in [0.1, 0.15) is 5.69 Å². The van der Waals surface area contributed by atoms with Crippen molar-refractivity contribution in [3.8, 4) is 0 Å². The first kappa shape index (κ1) is 14.1. The van der Waals surface area contributed by atoms with E-state index in [1.807, 2.05) is 6.92 Å². The monoisotopic (exact) mass is 286 g/mol. The zero-order valence-electron chi connectivity index (χ0n) is 12.7. The summed E-state index contributed by atoms with van der Waals surface area (Å²) in [7, 11) is 0. The Morgan fingerprint density at radius 1 is 1.33 bits per heavy atom. The molecule has 2 aromatic rings. The number of aryl methyl sites for hydroxylation is 1. The minimum Gasteiger partial charge on any atom is -0.461 e. The number of aromatic nitrogens is 1. The smallest absolute Gasteiger partial charge is 0.355 e. The number of H-pyrrole nitrogens is 1. The summed E-state index contributed by atoms with van der Waals surface area (Å²) >= 11 is 0. The van der Waals surface area contributed by atoms with Gasteiger partial charge in [0, 0.05) is 10.9 Å². The quantitative estimate of drug-likeness (QED) is 0.852.